The largest absolute Gasteiger partial charge is 0.466 e. The van der Waals surface area contributed by atoms with Crippen molar-refractivity contribution < 1.29 is 27.5 Å². The summed E-state index contributed by atoms with van der Waals surface area (Å²) in [6, 6.07) is 0.303. The van der Waals surface area contributed by atoms with E-state index in [0.717, 1.165) is 43.4 Å². The van der Waals surface area contributed by atoms with Gasteiger partial charge in [-0.25, -0.2) is 18.2 Å². The van der Waals surface area contributed by atoms with Gasteiger partial charge in [0.25, 0.3) is 0 Å². The van der Waals surface area contributed by atoms with E-state index in [1.807, 2.05) is 0 Å². The maximum atomic E-state index is 14.1. The predicted octanol–water partition coefficient (Wildman–Crippen LogP) is 4.97. The molecule has 0 radical (unpaired) electrons. The first kappa shape index (κ1) is 21.5. The van der Waals surface area contributed by atoms with Gasteiger partial charge in [0, 0.05) is 18.5 Å². The fourth-order valence-corrected chi connectivity index (χ4v) is 4.67. The first-order valence-electron chi connectivity index (χ1n) is 9.76. The molecule has 1 fully saturated rings. The number of hydrogen-bond donors (Lipinski definition) is 0. The van der Waals surface area contributed by atoms with Gasteiger partial charge in [-0.2, -0.15) is 0 Å². The summed E-state index contributed by atoms with van der Waals surface area (Å²) in [6.45, 7) is 3.50. The van der Waals surface area contributed by atoms with Crippen LogP contribution in [0.5, 0.6) is 0 Å². The number of esters is 1. The van der Waals surface area contributed by atoms with Crippen molar-refractivity contribution in [1.82, 2.24) is 4.98 Å². The average Bonchev–Trinajstić information content (AvgIpc) is 3.13. The van der Waals surface area contributed by atoms with Gasteiger partial charge in [0.2, 0.25) is 5.91 Å². The Hall–Kier alpha value is -2.16. The second-order valence-electron chi connectivity index (χ2n) is 7.24. The van der Waals surface area contributed by atoms with E-state index in [1.165, 1.54) is 4.90 Å². The molecular formula is C20H23F3N2O3S. The van der Waals surface area contributed by atoms with E-state index >= 15 is 0 Å². The highest BCUT2D eigenvalue weighted by Crippen LogP contribution is 2.37. The maximum Gasteiger partial charge on any atom is 0.309 e. The Kier molecular flexibility index (Phi) is 6.77. The van der Waals surface area contributed by atoms with E-state index in [1.54, 1.807) is 13.8 Å². The smallest absolute Gasteiger partial charge is 0.309 e. The number of anilines is 1. The van der Waals surface area contributed by atoms with E-state index in [0.29, 0.717) is 6.07 Å². The van der Waals surface area contributed by atoms with Crippen LogP contribution in [0.2, 0.25) is 0 Å². The number of benzene rings is 1. The molecule has 1 aliphatic carbocycles. The molecule has 9 heteroatoms. The van der Waals surface area contributed by atoms with E-state index < -0.39 is 34.9 Å². The molecule has 1 atom stereocenters. The third-order valence-corrected chi connectivity index (χ3v) is 6.15. The van der Waals surface area contributed by atoms with Gasteiger partial charge in [-0.3, -0.25) is 14.5 Å². The minimum atomic E-state index is -1.32. The molecule has 1 aliphatic rings. The van der Waals surface area contributed by atoms with Gasteiger partial charge < -0.3 is 4.74 Å². The lowest BCUT2D eigenvalue weighted by atomic mass is 9.94. The molecule has 1 unspecified atom stereocenters. The molecule has 1 amide bonds. The standard InChI is InChI=1S/C20H23F3N2O3S/c1-3-28-19(27)11(2)9-15(26)25(12-7-5-4-6-8-12)20-24-17-16(23)13(21)10-14(22)18(17)29-20/h10-12H,3-9H2,1-2H3. The van der Waals surface area contributed by atoms with Crippen LogP contribution in [0.1, 0.15) is 52.4 Å². The lowest BCUT2D eigenvalue weighted by Crippen LogP contribution is -2.42. The number of hydrogen-bond acceptors (Lipinski definition) is 5. The fourth-order valence-electron chi connectivity index (χ4n) is 3.61. The monoisotopic (exact) mass is 428 g/mol. The molecule has 3 rings (SSSR count). The Bertz CT molecular complexity index is 912. The number of aromatic nitrogens is 1. The zero-order valence-electron chi connectivity index (χ0n) is 16.3. The van der Waals surface area contributed by atoms with Crippen molar-refractivity contribution in [1.29, 1.82) is 0 Å². The summed E-state index contributed by atoms with van der Waals surface area (Å²) in [6.07, 6.45) is 4.24. The topological polar surface area (TPSA) is 59.5 Å². The van der Waals surface area contributed by atoms with Crippen molar-refractivity contribution in [2.45, 2.75) is 58.4 Å². The molecule has 0 N–H and O–H groups in total. The van der Waals surface area contributed by atoms with Crippen LogP contribution < -0.4 is 4.90 Å². The first-order valence-corrected chi connectivity index (χ1v) is 10.6. The number of ether oxygens (including phenoxy) is 1. The number of carbonyl (C=O) groups is 2. The van der Waals surface area contributed by atoms with Crippen LogP contribution in [-0.4, -0.2) is 29.5 Å². The van der Waals surface area contributed by atoms with Crippen molar-refractivity contribution in [3.8, 4) is 0 Å². The predicted molar refractivity (Wildman–Crippen MR) is 104 cm³/mol. The molecule has 0 aliphatic heterocycles. The molecule has 1 aromatic heterocycles. The molecule has 29 heavy (non-hydrogen) atoms. The van der Waals surface area contributed by atoms with Crippen LogP contribution in [-0.2, 0) is 14.3 Å². The number of fused-ring (bicyclic) bond motifs is 1. The summed E-state index contributed by atoms with van der Waals surface area (Å²) >= 11 is 0.819. The van der Waals surface area contributed by atoms with Crippen LogP contribution >= 0.6 is 11.3 Å². The van der Waals surface area contributed by atoms with E-state index in [-0.39, 0.29) is 34.8 Å². The van der Waals surface area contributed by atoms with Gasteiger partial charge in [-0.1, -0.05) is 37.5 Å². The van der Waals surface area contributed by atoms with E-state index in [9.17, 15) is 22.8 Å². The Balaban J connectivity index is 1.96. The van der Waals surface area contributed by atoms with Crippen molar-refractivity contribution in [2.24, 2.45) is 5.92 Å². The molecule has 0 saturated heterocycles. The lowest BCUT2D eigenvalue weighted by molar-refractivity contribution is -0.148. The van der Waals surface area contributed by atoms with Crippen molar-refractivity contribution in [3.63, 3.8) is 0 Å². The molecule has 5 nitrogen and oxygen atoms in total. The lowest BCUT2D eigenvalue weighted by Gasteiger charge is -2.33. The van der Waals surface area contributed by atoms with Gasteiger partial charge in [0.1, 0.15) is 11.3 Å². The summed E-state index contributed by atoms with van der Waals surface area (Å²) in [5.74, 6) is -4.98. The Morgan fingerprint density at radius 3 is 2.59 bits per heavy atom. The SMILES string of the molecule is CCOC(=O)C(C)CC(=O)N(c1nc2c(F)c(F)cc(F)c2s1)C1CCCCC1. The van der Waals surface area contributed by atoms with E-state index in [4.69, 9.17) is 4.74 Å². The quantitative estimate of drug-likeness (QED) is 0.482. The highest BCUT2D eigenvalue weighted by Gasteiger charge is 2.32. The van der Waals surface area contributed by atoms with Crippen LogP contribution in [0, 0.1) is 23.4 Å². The van der Waals surface area contributed by atoms with Gasteiger partial charge in [0.15, 0.2) is 16.8 Å². The van der Waals surface area contributed by atoms with Gasteiger partial charge in [-0.15, -0.1) is 0 Å². The zero-order valence-corrected chi connectivity index (χ0v) is 17.2. The second kappa shape index (κ2) is 9.11. The summed E-state index contributed by atoms with van der Waals surface area (Å²) < 4.78 is 46.7. The van der Waals surface area contributed by atoms with Crippen LogP contribution in [0.15, 0.2) is 6.07 Å². The van der Waals surface area contributed by atoms with Gasteiger partial charge in [0.05, 0.1) is 17.2 Å². The number of carbonyl (C=O) groups excluding carboxylic acids is 2. The van der Waals surface area contributed by atoms with Gasteiger partial charge in [-0.05, 0) is 19.8 Å². The highest BCUT2D eigenvalue weighted by atomic mass is 32.1. The molecular weight excluding hydrogens is 405 g/mol. The molecule has 158 valence electrons. The number of amides is 1. The molecule has 2 aromatic rings. The third kappa shape index (κ3) is 4.55. The minimum absolute atomic E-state index is 0.107. The molecule has 0 bridgehead atoms. The third-order valence-electron chi connectivity index (χ3n) is 5.09. The molecule has 0 spiro atoms. The summed E-state index contributed by atoms with van der Waals surface area (Å²) in [5.41, 5.74) is -0.422. The van der Waals surface area contributed by atoms with Gasteiger partial charge >= 0.3 is 5.97 Å². The van der Waals surface area contributed by atoms with Crippen molar-refractivity contribution in [2.75, 3.05) is 11.5 Å². The van der Waals surface area contributed by atoms with E-state index in [2.05, 4.69) is 4.98 Å². The Morgan fingerprint density at radius 2 is 1.93 bits per heavy atom. The summed E-state index contributed by atoms with van der Waals surface area (Å²) in [4.78, 5) is 30.5. The number of nitrogens with zero attached hydrogens (tertiary/aromatic N) is 2. The van der Waals surface area contributed by atoms with Crippen LogP contribution in [0.4, 0.5) is 18.3 Å². The van der Waals surface area contributed by atoms with Crippen LogP contribution in [0.3, 0.4) is 0 Å². The normalized spacial score (nSPS) is 16.0. The fraction of sp³-hybridized carbons (Fsp3) is 0.550. The zero-order chi connectivity index (χ0) is 21.1. The second-order valence-corrected chi connectivity index (χ2v) is 8.22. The average molecular weight is 428 g/mol. The molecule has 1 saturated carbocycles. The van der Waals surface area contributed by atoms with Crippen molar-refractivity contribution in [3.05, 3.63) is 23.5 Å². The molecule has 1 heterocycles. The summed E-state index contributed by atoms with van der Waals surface area (Å²) in [5, 5.41) is 0.122. The Labute approximate surface area is 170 Å². The first-order chi connectivity index (χ1) is 13.8. The number of rotatable bonds is 6. The minimum Gasteiger partial charge on any atom is -0.466 e. The number of thiazole rings is 1. The van der Waals surface area contributed by atoms with Crippen molar-refractivity contribution >= 4 is 38.6 Å². The summed E-state index contributed by atoms with van der Waals surface area (Å²) in [7, 11) is 0. The number of halogens is 3. The Morgan fingerprint density at radius 1 is 1.24 bits per heavy atom. The maximum absolute atomic E-state index is 14.1. The van der Waals surface area contributed by atoms with Crippen LogP contribution in [0.25, 0.3) is 10.2 Å². The highest BCUT2D eigenvalue weighted by molar-refractivity contribution is 7.22. The molecule has 1 aromatic carbocycles.